The van der Waals surface area contributed by atoms with Crippen molar-refractivity contribution in [2.45, 2.75) is 4.90 Å². The smallest absolute Gasteiger partial charge is 0.269 e. The maximum atomic E-state index is 12.5. The molecule has 182 valence electrons. The first kappa shape index (κ1) is 24.0. The van der Waals surface area contributed by atoms with Crippen LogP contribution in [0.3, 0.4) is 0 Å². The second kappa shape index (κ2) is 10.4. The number of rotatable bonds is 9. The molecule has 4 aromatic rings. The first-order valence-electron chi connectivity index (χ1n) is 10.2. The molecule has 4 rings (SSSR count). The molecule has 0 unspecified atom stereocenters. The van der Waals surface area contributed by atoms with Crippen molar-refractivity contribution in [2.24, 2.45) is 0 Å². The Morgan fingerprint density at radius 1 is 0.861 bits per heavy atom. The topological polar surface area (TPSA) is 181 Å². The number of pyridine rings is 1. The standard InChI is InChI=1S/C22H18N8O5S/c31-21(15-1-5-18(6-2-15)30(32)33)27-28-22-24-14-11-20(26-22)25-16-3-7-19(8-4-16)36(34,35)29-17-9-12-23-13-10-17/h1-14H,(H,23,29)(H,27,31)(H2,24,25,26,28). The Morgan fingerprint density at radius 3 is 2.22 bits per heavy atom. The highest BCUT2D eigenvalue weighted by Gasteiger charge is 2.14. The lowest BCUT2D eigenvalue weighted by atomic mass is 10.2. The van der Waals surface area contributed by atoms with Crippen molar-refractivity contribution in [3.05, 3.63) is 101 Å². The lowest BCUT2D eigenvalue weighted by Gasteiger charge is -2.11. The normalized spacial score (nSPS) is 10.8. The van der Waals surface area contributed by atoms with Crippen LogP contribution < -0.4 is 20.9 Å². The Morgan fingerprint density at radius 2 is 1.56 bits per heavy atom. The second-order valence-corrected chi connectivity index (χ2v) is 8.82. The van der Waals surface area contributed by atoms with E-state index < -0.39 is 20.9 Å². The van der Waals surface area contributed by atoms with Gasteiger partial charge < -0.3 is 5.32 Å². The molecule has 0 spiro atoms. The van der Waals surface area contributed by atoms with E-state index in [9.17, 15) is 23.3 Å². The Bertz CT molecular complexity index is 1480. The van der Waals surface area contributed by atoms with Gasteiger partial charge in [-0.15, -0.1) is 0 Å². The van der Waals surface area contributed by atoms with Crippen LogP contribution >= 0.6 is 0 Å². The van der Waals surface area contributed by atoms with E-state index in [1.807, 2.05) is 0 Å². The van der Waals surface area contributed by atoms with Gasteiger partial charge in [0.2, 0.25) is 5.95 Å². The van der Waals surface area contributed by atoms with Gasteiger partial charge in [0.1, 0.15) is 5.82 Å². The zero-order valence-corrected chi connectivity index (χ0v) is 19.1. The predicted molar refractivity (Wildman–Crippen MR) is 131 cm³/mol. The van der Waals surface area contributed by atoms with Crippen LogP contribution in [0, 0.1) is 10.1 Å². The van der Waals surface area contributed by atoms with Crippen molar-refractivity contribution in [1.29, 1.82) is 0 Å². The minimum absolute atomic E-state index is 0.0730. The van der Waals surface area contributed by atoms with Gasteiger partial charge >= 0.3 is 0 Å². The highest BCUT2D eigenvalue weighted by atomic mass is 32.2. The van der Waals surface area contributed by atoms with Crippen LogP contribution in [0.25, 0.3) is 0 Å². The van der Waals surface area contributed by atoms with Crippen molar-refractivity contribution in [2.75, 3.05) is 15.5 Å². The number of nitrogens with one attached hydrogen (secondary N) is 4. The van der Waals surface area contributed by atoms with Gasteiger partial charge in [0, 0.05) is 42.0 Å². The first-order valence-corrected chi connectivity index (χ1v) is 11.7. The Kier molecular flexibility index (Phi) is 6.97. The van der Waals surface area contributed by atoms with Crippen LogP contribution in [0.5, 0.6) is 0 Å². The van der Waals surface area contributed by atoms with E-state index >= 15 is 0 Å². The monoisotopic (exact) mass is 506 g/mol. The Labute approximate surface area is 204 Å². The van der Waals surface area contributed by atoms with Crippen LogP contribution in [0.15, 0.2) is 90.2 Å². The number of hydrogen-bond donors (Lipinski definition) is 4. The third kappa shape index (κ3) is 6.06. The van der Waals surface area contributed by atoms with Crippen molar-refractivity contribution < 1.29 is 18.1 Å². The summed E-state index contributed by atoms with van der Waals surface area (Å²) in [5.41, 5.74) is 6.02. The highest BCUT2D eigenvalue weighted by molar-refractivity contribution is 7.92. The number of nitro benzene ring substituents is 1. The van der Waals surface area contributed by atoms with Crippen molar-refractivity contribution in [3.8, 4) is 0 Å². The van der Waals surface area contributed by atoms with E-state index in [0.29, 0.717) is 17.2 Å². The quantitative estimate of drug-likeness (QED) is 0.194. The van der Waals surface area contributed by atoms with E-state index in [1.165, 1.54) is 55.0 Å². The number of amides is 1. The van der Waals surface area contributed by atoms with Gasteiger partial charge in [-0.3, -0.25) is 35.5 Å². The maximum Gasteiger partial charge on any atom is 0.269 e. The average Bonchev–Trinajstić information content (AvgIpc) is 2.88. The number of sulfonamides is 1. The molecule has 0 saturated heterocycles. The number of benzene rings is 2. The third-order valence-electron chi connectivity index (χ3n) is 4.65. The molecule has 0 bridgehead atoms. The summed E-state index contributed by atoms with van der Waals surface area (Å²) in [6.45, 7) is 0. The number of hydrazine groups is 1. The highest BCUT2D eigenvalue weighted by Crippen LogP contribution is 2.20. The molecule has 2 aromatic carbocycles. The summed E-state index contributed by atoms with van der Waals surface area (Å²) in [5, 5.41) is 13.7. The van der Waals surface area contributed by atoms with Crippen molar-refractivity contribution >= 4 is 44.8 Å². The summed E-state index contributed by atoms with van der Waals surface area (Å²) in [5.74, 6) is -0.0809. The molecule has 0 aliphatic heterocycles. The summed E-state index contributed by atoms with van der Waals surface area (Å²) < 4.78 is 27.6. The third-order valence-corrected chi connectivity index (χ3v) is 6.05. The molecule has 0 aliphatic rings. The van der Waals surface area contributed by atoms with E-state index in [4.69, 9.17) is 0 Å². The van der Waals surface area contributed by atoms with E-state index in [-0.39, 0.29) is 22.1 Å². The fourth-order valence-corrected chi connectivity index (χ4v) is 3.97. The molecule has 2 heterocycles. The van der Waals surface area contributed by atoms with Crippen molar-refractivity contribution in [1.82, 2.24) is 20.4 Å². The van der Waals surface area contributed by atoms with Crippen LogP contribution in [0.4, 0.5) is 28.8 Å². The number of nitrogens with zero attached hydrogens (tertiary/aromatic N) is 4. The molecule has 0 aliphatic carbocycles. The molecule has 4 N–H and O–H groups in total. The molecule has 0 atom stereocenters. The maximum absolute atomic E-state index is 12.5. The van der Waals surface area contributed by atoms with Gasteiger partial charge in [0.15, 0.2) is 0 Å². The predicted octanol–water partition coefficient (Wildman–Crippen LogP) is 3.08. The largest absolute Gasteiger partial charge is 0.340 e. The molecular weight excluding hydrogens is 488 g/mol. The minimum atomic E-state index is -3.77. The van der Waals surface area contributed by atoms with Crippen LogP contribution in [0.1, 0.15) is 10.4 Å². The summed E-state index contributed by atoms with van der Waals surface area (Å²) >= 11 is 0. The summed E-state index contributed by atoms with van der Waals surface area (Å²) in [7, 11) is -3.77. The van der Waals surface area contributed by atoms with Gasteiger partial charge in [-0.1, -0.05) is 0 Å². The lowest BCUT2D eigenvalue weighted by Crippen LogP contribution is -2.30. The Hall–Kier alpha value is -5.11. The Balaban J connectivity index is 1.36. The van der Waals surface area contributed by atoms with Gasteiger partial charge in [-0.05, 0) is 54.6 Å². The number of carbonyl (C=O) groups is 1. The summed E-state index contributed by atoms with van der Waals surface area (Å²) in [4.78, 5) is 34.6. The molecule has 0 radical (unpaired) electrons. The molecule has 13 nitrogen and oxygen atoms in total. The molecule has 14 heteroatoms. The summed E-state index contributed by atoms with van der Waals surface area (Å²) in [6, 6.07) is 15.8. The van der Waals surface area contributed by atoms with E-state index in [1.54, 1.807) is 30.3 Å². The van der Waals surface area contributed by atoms with E-state index in [0.717, 1.165) is 0 Å². The first-order chi connectivity index (χ1) is 17.3. The average molecular weight is 507 g/mol. The second-order valence-electron chi connectivity index (χ2n) is 7.14. The minimum Gasteiger partial charge on any atom is -0.340 e. The number of carbonyl (C=O) groups excluding carboxylic acids is 1. The zero-order valence-electron chi connectivity index (χ0n) is 18.3. The fraction of sp³-hybridized carbons (Fsp3) is 0. The van der Waals surface area contributed by atoms with Crippen LogP contribution in [-0.2, 0) is 10.0 Å². The number of nitro groups is 1. The summed E-state index contributed by atoms with van der Waals surface area (Å²) in [6.07, 6.45) is 4.42. The van der Waals surface area contributed by atoms with Gasteiger partial charge in [0.05, 0.1) is 15.5 Å². The molecule has 1 amide bonds. The van der Waals surface area contributed by atoms with Gasteiger partial charge in [-0.25, -0.2) is 13.4 Å². The molecule has 2 aromatic heterocycles. The number of hydrogen-bond acceptors (Lipinski definition) is 10. The SMILES string of the molecule is O=C(NNc1nccc(Nc2ccc(S(=O)(=O)Nc3ccncc3)cc2)n1)c1ccc([N+](=O)[O-])cc1. The van der Waals surface area contributed by atoms with Gasteiger partial charge in [0.25, 0.3) is 21.6 Å². The van der Waals surface area contributed by atoms with Crippen LogP contribution in [0.2, 0.25) is 0 Å². The molecule has 0 fully saturated rings. The molecule has 36 heavy (non-hydrogen) atoms. The van der Waals surface area contributed by atoms with Gasteiger partial charge in [-0.2, -0.15) is 4.98 Å². The number of non-ortho nitro benzene ring substituents is 1. The number of aromatic nitrogens is 3. The van der Waals surface area contributed by atoms with E-state index in [2.05, 4.69) is 35.8 Å². The molecular formula is C22H18N8O5S. The molecule has 0 saturated carbocycles. The zero-order chi connectivity index (χ0) is 25.5. The van der Waals surface area contributed by atoms with Crippen LogP contribution in [-0.4, -0.2) is 34.2 Å². The number of anilines is 4. The fourth-order valence-electron chi connectivity index (χ4n) is 2.91. The lowest BCUT2D eigenvalue weighted by molar-refractivity contribution is -0.384. The van der Waals surface area contributed by atoms with Crippen molar-refractivity contribution in [3.63, 3.8) is 0 Å².